The maximum absolute atomic E-state index is 12.8. The second-order valence-electron chi connectivity index (χ2n) is 4.00. The van der Waals surface area contributed by atoms with Crippen LogP contribution in [-0.2, 0) is 10.8 Å². The van der Waals surface area contributed by atoms with Crippen molar-refractivity contribution in [3.63, 3.8) is 0 Å². The highest BCUT2D eigenvalue weighted by atomic mass is 35.5. The largest absolute Gasteiger partial charge is 0.293 e. The molecular formula is C14H9Cl2FO2S. The van der Waals surface area contributed by atoms with Crippen LogP contribution in [0.5, 0.6) is 0 Å². The van der Waals surface area contributed by atoms with Gasteiger partial charge in [-0.2, -0.15) is 0 Å². The predicted molar refractivity (Wildman–Crippen MR) is 78.5 cm³/mol. The molecule has 1 unspecified atom stereocenters. The summed E-state index contributed by atoms with van der Waals surface area (Å²) in [5, 5.41) is 0.618. The van der Waals surface area contributed by atoms with Crippen molar-refractivity contribution in [2.75, 3.05) is 5.75 Å². The summed E-state index contributed by atoms with van der Waals surface area (Å²) >= 11 is 11.6. The zero-order valence-electron chi connectivity index (χ0n) is 10.1. The van der Waals surface area contributed by atoms with Crippen LogP contribution in [0.4, 0.5) is 4.39 Å². The van der Waals surface area contributed by atoms with Crippen LogP contribution in [0.2, 0.25) is 10.0 Å². The van der Waals surface area contributed by atoms with Gasteiger partial charge < -0.3 is 0 Å². The molecule has 2 rings (SSSR count). The molecule has 0 heterocycles. The molecule has 0 fully saturated rings. The molecule has 0 amide bonds. The number of carbonyl (C=O) groups is 1. The van der Waals surface area contributed by atoms with E-state index < -0.39 is 16.6 Å². The molecule has 0 aliphatic heterocycles. The molecule has 0 aliphatic rings. The van der Waals surface area contributed by atoms with Gasteiger partial charge in [-0.05, 0) is 42.5 Å². The number of ketones is 1. The van der Waals surface area contributed by atoms with E-state index >= 15 is 0 Å². The summed E-state index contributed by atoms with van der Waals surface area (Å²) in [5.74, 6) is -0.920. The Bertz CT molecular complexity index is 671. The highest BCUT2D eigenvalue weighted by Gasteiger charge is 2.13. The van der Waals surface area contributed by atoms with Gasteiger partial charge in [0.15, 0.2) is 5.78 Å². The summed E-state index contributed by atoms with van der Waals surface area (Å²) in [6.45, 7) is 0. The van der Waals surface area contributed by atoms with Crippen LogP contribution >= 0.6 is 23.2 Å². The third-order valence-corrected chi connectivity index (χ3v) is 4.64. The standard InChI is InChI=1S/C14H9Cl2FO2S/c15-12-6-1-9(7-13(12)16)14(18)8-20(19)11-4-2-10(17)3-5-11/h1-7H,8H2. The first-order chi connectivity index (χ1) is 9.47. The number of benzene rings is 2. The van der Waals surface area contributed by atoms with E-state index in [2.05, 4.69) is 0 Å². The third-order valence-electron chi connectivity index (χ3n) is 2.58. The molecule has 0 N–H and O–H groups in total. The summed E-state index contributed by atoms with van der Waals surface area (Å²) in [4.78, 5) is 12.4. The van der Waals surface area contributed by atoms with Crippen molar-refractivity contribution in [3.05, 3.63) is 63.9 Å². The monoisotopic (exact) mass is 330 g/mol. The molecular weight excluding hydrogens is 322 g/mol. The van der Waals surface area contributed by atoms with E-state index in [9.17, 15) is 13.4 Å². The van der Waals surface area contributed by atoms with E-state index in [1.807, 2.05) is 0 Å². The molecule has 20 heavy (non-hydrogen) atoms. The van der Waals surface area contributed by atoms with Gasteiger partial charge >= 0.3 is 0 Å². The lowest BCUT2D eigenvalue weighted by atomic mass is 10.1. The number of rotatable bonds is 4. The first-order valence-electron chi connectivity index (χ1n) is 5.59. The van der Waals surface area contributed by atoms with Gasteiger partial charge in [-0.15, -0.1) is 0 Å². The number of hydrogen-bond donors (Lipinski definition) is 0. The Kier molecular flexibility index (Phi) is 4.91. The SMILES string of the molecule is O=C(CS(=O)c1ccc(F)cc1)c1ccc(Cl)c(Cl)c1. The van der Waals surface area contributed by atoms with E-state index in [0.29, 0.717) is 15.5 Å². The van der Waals surface area contributed by atoms with Crippen molar-refractivity contribution in [1.29, 1.82) is 0 Å². The average molecular weight is 331 g/mol. The molecule has 2 nitrogen and oxygen atoms in total. The first kappa shape index (κ1) is 15.2. The fraction of sp³-hybridized carbons (Fsp3) is 0.0714. The third kappa shape index (κ3) is 3.66. The molecule has 1 atom stereocenters. The van der Waals surface area contributed by atoms with Crippen LogP contribution in [0.15, 0.2) is 47.4 Å². The lowest BCUT2D eigenvalue weighted by Gasteiger charge is -2.04. The molecule has 0 aliphatic carbocycles. The second-order valence-corrected chi connectivity index (χ2v) is 6.26. The summed E-state index contributed by atoms with van der Waals surface area (Å²) < 4.78 is 24.8. The zero-order valence-corrected chi connectivity index (χ0v) is 12.4. The van der Waals surface area contributed by atoms with E-state index in [-0.39, 0.29) is 16.6 Å². The van der Waals surface area contributed by atoms with Gasteiger partial charge in [-0.3, -0.25) is 9.00 Å². The Hall–Kier alpha value is -1.23. The van der Waals surface area contributed by atoms with Crippen LogP contribution in [0, 0.1) is 5.82 Å². The van der Waals surface area contributed by atoms with Gasteiger partial charge in [-0.25, -0.2) is 4.39 Å². The van der Waals surface area contributed by atoms with Crippen LogP contribution in [0.25, 0.3) is 0 Å². The fourth-order valence-corrected chi connectivity index (χ4v) is 2.85. The molecule has 0 saturated carbocycles. The molecule has 0 saturated heterocycles. The number of halogens is 3. The van der Waals surface area contributed by atoms with Crippen molar-refractivity contribution in [2.24, 2.45) is 0 Å². The zero-order chi connectivity index (χ0) is 14.7. The Morgan fingerprint density at radius 3 is 2.30 bits per heavy atom. The lowest BCUT2D eigenvalue weighted by Crippen LogP contribution is -2.11. The van der Waals surface area contributed by atoms with Gasteiger partial charge in [-0.1, -0.05) is 23.2 Å². The molecule has 2 aromatic carbocycles. The number of hydrogen-bond acceptors (Lipinski definition) is 2. The Balaban J connectivity index is 2.13. The van der Waals surface area contributed by atoms with Gasteiger partial charge in [0, 0.05) is 10.5 Å². The second kappa shape index (κ2) is 6.48. The average Bonchev–Trinajstić information content (AvgIpc) is 2.42. The molecule has 6 heteroatoms. The number of Topliss-reactive ketones (excluding diaryl/α,β-unsaturated/α-hetero) is 1. The van der Waals surface area contributed by atoms with Gasteiger partial charge in [0.25, 0.3) is 0 Å². The van der Waals surface area contributed by atoms with Gasteiger partial charge in [0.2, 0.25) is 0 Å². The van der Waals surface area contributed by atoms with E-state index in [4.69, 9.17) is 23.2 Å². The Labute approximate surface area is 128 Å². The Morgan fingerprint density at radius 2 is 1.70 bits per heavy atom. The van der Waals surface area contributed by atoms with Crippen molar-refractivity contribution < 1.29 is 13.4 Å². The minimum absolute atomic E-state index is 0.191. The van der Waals surface area contributed by atoms with Crippen LogP contribution < -0.4 is 0 Å². The Morgan fingerprint density at radius 1 is 1.05 bits per heavy atom. The van der Waals surface area contributed by atoms with Crippen molar-refractivity contribution in [1.82, 2.24) is 0 Å². The smallest absolute Gasteiger partial charge is 0.175 e. The fourth-order valence-electron chi connectivity index (χ4n) is 1.54. The van der Waals surface area contributed by atoms with Crippen LogP contribution in [0.1, 0.15) is 10.4 Å². The molecule has 0 radical (unpaired) electrons. The highest BCUT2D eigenvalue weighted by Crippen LogP contribution is 2.23. The maximum atomic E-state index is 12.8. The molecule has 2 aromatic rings. The highest BCUT2D eigenvalue weighted by molar-refractivity contribution is 7.85. The number of carbonyl (C=O) groups excluding carboxylic acids is 1. The summed E-state index contributed by atoms with van der Waals surface area (Å²) in [6, 6.07) is 9.68. The summed E-state index contributed by atoms with van der Waals surface area (Å²) in [6.07, 6.45) is 0. The molecule has 0 bridgehead atoms. The quantitative estimate of drug-likeness (QED) is 0.790. The minimum Gasteiger partial charge on any atom is -0.293 e. The maximum Gasteiger partial charge on any atom is 0.175 e. The topological polar surface area (TPSA) is 34.1 Å². The molecule has 0 aromatic heterocycles. The first-order valence-corrected chi connectivity index (χ1v) is 7.67. The van der Waals surface area contributed by atoms with E-state index in [1.54, 1.807) is 0 Å². The van der Waals surface area contributed by atoms with Crippen LogP contribution in [0.3, 0.4) is 0 Å². The predicted octanol–water partition coefficient (Wildman–Crippen LogP) is 4.12. The van der Waals surface area contributed by atoms with Crippen molar-refractivity contribution >= 4 is 39.8 Å². The lowest BCUT2D eigenvalue weighted by molar-refractivity contribution is 0.102. The van der Waals surface area contributed by atoms with E-state index in [0.717, 1.165) is 0 Å². The van der Waals surface area contributed by atoms with Gasteiger partial charge in [0.1, 0.15) is 5.82 Å². The summed E-state index contributed by atoms with van der Waals surface area (Å²) in [7, 11) is -1.53. The summed E-state index contributed by atoms with van der Waals surface area (Å²) in [5.41, 5.74) is 0.342. The van der Waals surface area contributed by atoms with Gasteiger partial charge in [0.05, 0.1) is 26.6 Å². The molecule has 104 valence electrons. The van der Waals surface area contributed by atoms with Crippen molar-refractivity contribution in [3.8, 4) is 0 Å². The minimum atomic E-state index is -1.53. The molecule has 0 spiro atoms. The van der Waals surface area contributed by atoms with E-state index in [1.165, 1.54) is 42.5 Å². The normalized spacial score (nSPS) is 12.2. The van der Waals surface area contributed by atoms with Crippen molar-refractivity contribution in [2.45, 2.75) is 4.90 Å². The van der Waals surface area contributed by atoms with Crippen LogP contribution in [-0.4, -0.2) is 15.7 Å².